The quantitative estimate of drug-likeness (QED) is 0.604. The van der Waals surface area contributed by atoms with E-state index < -0.39 is 22.0 Å². The van der Waals surface area contributed by atoms with Crippen molar-refractivity contribution in [1.82, 2.24) is 14.3 Å². The Morgan fingerprint density at radius 2 is 1.77 bits per heavy atom. The highest BCUT2D eigenvalue weighted by atomic mass is 32.2. The first-order chi connectivity index (χ1) is 14.7. The standard InChI is InChI=1S/C21H22N4O4S2/c1-4-16(20(26)27)25-12-18-19(31(25,28)29)9-17(30-18)14-7-5-13(6-8-14)15-10-22-21(23-11-15)24(2)3/h5-11,16H,4,12H2,1-3H3,(H,26,27). The summed E-state index contributed by atoms with van der Waals surface area (Å²) in [6.45, 7) is 1.77. The lowest BCUT2D eigenvalue weighted by Crippen LogP contribution is -2.40. The van der Waals surface area contributed by atoms with Gasteiger partial charge in [-0.1, -0.05) is 31.2 Å². The van der Waals surface area contributed by atoms with Gasteiger partial charge in [-0.15, -0.1) is 11.3 Å². The number of carboxylic acid groups (broad SMARTS) is 1. The molecular weight excluding hydrogens is 436 g/mol. The summed E-state index contributed by atoms with van der Waals surface area (Å²) in [5, 5.41) is 9.36. The number of hydrogen-bond acceptors (Lipinski definition) is 7. The Labute approximate surface area is 184 Å². The lowest BCUT2D eigenvalue weighted by atomic mass is 10.1. The molecule has 162 valence electrons. The Kier molecular flexibility index (Phi) is 5.54. The van der Waals surface area contributed by atoms with Crippen molar-refractivity contribution in [2.24, 2.45) is 0 Å². The molecule has 0 spiro atoms. The Bertz CT molecular complexity index is 1220. The van der Waals surface area contributed by atoms with Gasteiger partial charge in [-0.3, -0.25) is 4.79 Å². The van der Waals surface area contributed by atoms with E-state index in [4.69, 9.17) is 0 Å². The number of sulfonamides is 1. The molecule has 0 fully saturated rings. The predicted molar refractivity (Wildman–Crippen MR) is 120 cm³/mol. The molecule has 1 unspecified atom stereocenters. The van der Waals surface area contributed by atoms with Gasteiger partial charge in [0.15, 0.2) is 0 Å². The molecule has 1 aromatic carbocycles. The van der Waals surface area contributed by atoms with Crippen LogP contribution in [0.15, 0.2) is 47.6 Å². The minimum atomic E-state index is -3.81. The molecule has 0 amide bonds. The number of benzene rings is 1. The third-order valence-corrected chi connectivity index (χ3v) is 8.44. The summed E-state index contributed by atoms with van der Waals surface area (Å²) in [5.74, 6) is -0.489. The SMILES string of the molecule is CCC(C(=O)O)N1Cc2sc(-c3ccc(-c4cnc(N(C)C)nc4)cc3)cc2S1(=O)=O. The molecule has 0 aliphatic carbocycles. The first-order valence-electron chi connectivity index (χ1n) is 9.70. The number of rotatable bonds is 6. The summed E-state index contributed by atoms with van der Waals surface area (Å²) in [5.41, 5.74) is 2.76. The number of carboxylic acids is 1. The minimum absolute atomic E-state index is 0.0980. The van der Waals surface area contributed by atoms with E-state index in [1.807, 2.05) is 43.3 Å². The van der Waals surface area contributed by atoms with Crippen LogP contribution in [-0.4, -0.2) is 53.9 Å². The minimum Gasteiger partial charge on any atom is -0.480 e. The van der Waals surface area contributed by atoms with Gasteiger partial charge in [-0.05, 0) is 23.6 Å². The van der Waals surface area contributed by atoms with E-state index >= 15 is 0 Å². The molecule has 8 nitrogen and oxygen atoms in total. The van der Waals surface area contributed by atoms with Crippen molar-refractivity contribution < 1.29 is 18.3 Å². The molecule has 1 aliphatic heterocycles. The van der Waals surface area contributed by atoms with E-state index in [-0.39, 0.29) is 17.9 Å². The molecular formula is C21H22N4O4S2. The van der Waals surface area contributed by atoms with Gasteiger partial charge in [0.05, 0.1) is 11.4 Å². The highest BCUT2D eigenvalue weighted by Gasteiger charge is 2.43. The largest absolute Gasteiger partial charge is 0.480 e. The highest BCUT2D eigenvalue weighted by Crippen LogP contribution is 2.42. The predicted octanol–water partition coefficient (Wildman–Crippen LogP) is 3.31. The Morgan fingerprint density at radius 3 is 2.29 bits per heavy atom. The molecule has 0 saturated heterocycles. The van der Waals surface area contributed by atoms with Crippen molar-refractivity contribution in [2.75, 3.05) is 19.0 Å². The van der Waals surface area contributed by atoms with E-state index in [1.54, 1.807) is 25.4 Å². The number of aliphatic carboxylic acids is 1. The first-order valence-corrected chi connectivity index (χ1v) is 12.0. The summed E-state index contributed by atoms with van der Waals surface area (Å²) in [4.78, 5) is 23.7. The number of thiophene rings is 1. The lowest BCUT2D eigenvalue weighted by molar-refractivity contribution is -0.141. The fourth-order valence-electron chi connectivity index (χ4n) is 3.54. The van der Waals surface area contributed by atoms with Gasteiger partial charge in [0.25, 0.3) is 0 Å². The Hall–Kier alpha value is -2.82. The molecule has 1 aliphatic rings. The normalized spacial score (nSPS) is 16.1. The van der Waals surface area contributed by atoms with E-state index in [1.165, 1.54) is 11.3 Å². The van der Waals surface area contributed by atoms with E-state index in [9.17, 15) is 18.3 Å². The maximum absolute atomic E-state index is 12.9. The highest BCUT2D eigenvalue weighted by molar-refractivity contribution is 7.89. The van der Waals surface area contributed by atoms with Gasteiger partial charge >= 0.3 is 5.97 Å². The van der Waals surface area contributed by atoms with Crippen LogP contribution in [0.2, 0.25) is 0 Å². The molecule has 10 heteroatoms. The van der Waals surface area contributed by atoms with E-state index in [2.05, 4.69) is 9.97 Å². The number of fused-ring (bicyclic) bond motifs is 1. The molecule has 1 N–H and O–H groups in total. The van der Waals surface area contributed by atoms with Crippen LogP contribution in [0.4, 0.5) is 5.95 Å². The van der Waals surface area contributed by atoms with E-state index in [0.29, 0.717) is 10.8 Å². The Morgan fingerprint density at radius 1 is 1.16 bits per heavy atom. The van der Waals surface area contributed by atoms with Gasteiger partial charge in [0, 0.05) is 41.8 Å². The summed E-state index contributed by atoms with van der Waals surface area (Å²) in [6, 6.07) is 8.38. The first kappa shape index (κ1) is 21.4. The second-order valence-electron chi connectivity index (χ2n) is 7.45. The van der Waals surface area contributed by atoms with Crippen LogP contribution in [0, 0.1) is 0 Å². The summed E-state index contributed by atoms with van der Waals surface area (Å²) < 4.78 is 26.9. The van der Waals surface area contributed by atoms with Crippen molar-refractivity contribution in [3.63, 3.8) is 0 Å². The van der Waals surface area contributed by atoms with Crippen molar-refractivity contribution in [3.05, 3.63) is 47.6 Å². The number of carbonyl (C=O) groups is 1. The lowest BCUT2D eigenvalue weighted by Gasteiger charge is -2.21. The van der Waals surface area contributed by atoms with Crippen LogP contribution in [0.1, 0.15) is 18.2 Å². The van der Waals surface area contributed by atoms with Gasteiger partial charge < -0.3 is 10.0 Å². The molecule has 1 atom stereocenters. The van der Waals surface area contributed by atoms with Gasteiger partial charge in [0.2, 0.25) is 16.0 Å². The van der Waals surface area contributed by atoms with Crippen LogP contribution in [-0.2, 0) is 21.4 Å². The third-order valence-electron chi connectivity index (χ3n) is 5.22. The maximum Gasteiger partial charge on any atom is 0.322 e. The molecule has 3 heterocycles. The molecule has 4 rings (SSSR count). The van der Waals surface area contributed by atoms with Crippen LogP contribution in [0.5, 0.6) is 0 Å². The monoisotopic (exact) mass is 458 g/mol. The average molecular weight is 459 g/mol. The average Bonchev–Trinajstić information content (AvgIpc) is 3.27. The second kappa shape index (κ2) is 8.03. The molecule has 3 aromatic rings. The second-order valence-corrected chi connectivity index (χ2v) is 10.4. The van der Waals surface area contributed by atoms with Crippen molar-refractivity contribution >= 4 is 33.3 Å². The van der Waals surface area contributed by atoms with Gasteiger partial charge in [-0.25, -0.2) is 18.4 Å². The Balaban J connectivity index is 1.59. The zero-order chi connectivity index (χ0) is 22.3. The van der Waals surface area contributed by atoms with Crippen molar-refractivity contribution in [2.45, 2.75) is 30.8 Å². The number of nitrogens with zero attached hydrogens (tertiary/aromatic N) is 4. The number of aromatic nitrogens is 2. The summed E-state index contributed by atoms with van der Waals surface area (Å²) in [7, 11) is -0.0485. The van der Waals surface area contributed by atoms with Crippen LogP contribution in [0.3, 0.4) is 0 Å². The molecule has 0 radical (unpaired) electrons. The van der Waals surface area contributed by atoms with Crippen LogP contribution < -0.4 is 4.90 Å². The smallest absolute Gasteiger partial charge is 0.322 e. The maximum atomic E-state index is 12.9. The third kappa shape index (κ3) is 3.82. The summed E-state index contributed by atoms with van der Waals surface area (Å²) >= 11 is 1.38. The zero-order valence-corrected chi connectivity index (χ0v) is 18.9. The van der Waals surface area contributed by atoms with Crippen LogP contribution in [0.25, 0.3) is 21.6 Å². The number of hydrogen-bond donors (Lipinski definition) is 1. The fraction of sp³-hybridized carbons (Fsp3) is 0.286. The molecule has 2 aromatic heterocycles. The van der Waals surface area contributed by atoms with Crippen molar-refractivity contribution in [1.29, 1.82) is 0 Å². The van der Waals surface area contributed by atoms with E-state index in [0.717, 1.165) is 25.9 Å². The molecule has 0 saturated carbocycles. The van der Waals surface area contributed by atoms with Gasteiger partial charge in [0.1, 0.15) is 6.04 Å². The summed E-state index contributed by atoms with van der Waals surface area (Å²) in [6.07, 6.45) is 3.76. The molecule has 0 bridgehead atoms. The van der Waals surface area contributed by atoms with Crippen LogP contribution >= 0.6 is 11.3 Å². The molecule has 31 heavy (non-hydrogen) atoms. The zero-order valence-electron chi connectivity index (χ0n) is 17.3. The topological polar surface area (TPSA) is 104 Å². The van der Waals surface area contributed by atoms with Crippen molar-refractivity contribution in [3.8, 4) is 21.6 Å². The fourth-order valence-corrected chi connectivity index (χ4v) is 6.94. The number of anilines is 1. The van der Waals surface area contributed by atoms with Gasteiger partial charge in [-0.2, -0.15) is 4.31 Å².